The summed E-state index contributed by atoms with van der Waals surface area (Å²) in [6.07, 6.45) is 2.06. The quantitative estimate of drug-likeness (QED) is 0.744. The molecule has 0 aromatic carbocycles. The molecule has 5 unspecified atom stereocenters. The predicted octanol–water partition coefficient (Wildman–Crippen LogP) is 2.14. The first-order valence-corrected chi connectivity index (χ1v) is 6.93. The first kappa shape index (κ1) is 15.9. The van der Waals surface area contributed by atoms with Crippen LogP contribution in [-0.4, -0.2) is 35.5 Å². The molecule has 1 saturated carbocycles. The van der Waals surface area contributed by atoms with Crippen molar-refractivity contribution in [3.63, 3.8) is 0 Å². The highest BCUT2D eigenvalue weighted by molar-refractivity contribution is 4.83. The molecular weight excluding hydrogens is 232 g/mol. The third-order valence-electron chi connectivity index (χ3n) is 4.10. The molecule has 4 heteroatoms. The molecule has 0 aromatic heterocycles. The van der Waals surface area contributed by atoms with Gasteiger partial charge < -0.3 is 19.7 Å². The van der Waals surface area contributed by atoms with Gasteiger partial charge in [0.15, 0.2) is 0 Å². The lowest BCUT2D eigenvalue weighted by atomic mass is 9.75. The van der Waals surface area contributed by atoms with Gasteiger partial charge in [0.2, 0.25) is 0 Å². The van der Waals surface area contributed by atoms with Gasteiger partial charge in [-0.1, -0.05) is 27.2 Å². The molecule has 0 aliphatic heterocycles. The molecule has 0 heterocycles. The van der Waals surface area contributed by atoms with E-state index in [2.05, 4.69) is 20.8 Å². The maximum Gasteiger partial charge on any atom is 0.307 e. The van der Waals surface area contributed by atoms with Crippen LogP contribution in [0.5, 0.6) is 0 Å². The van der Waals surface area contributed by atoms with Crippen LogP contribution in [0.25, 0.3) is 0 Å². The Kier molecular flexibility index (Phi) is 5.59. The number of hydrogen-bond donors (Lipinski definition) is 2. The zero-order valence-corrected chi connectivity index (χ0v) is 12.2. The summed E-state index contributed by atoms with van der Waals surface area (Å²) in [5.41, 5.74) is 0. The fraction of sp³-hybridized carbons (Fsp3) is 1.00. The van der Waals surface area contributed by atoms with Crippen LogP contribution in [0.4, 0.5) is 0 Å². The molecule has 0 bridgehead atoms. The van der Waals surface area contributed by atoms with E-state index in [0.717, 1.165) is 12.8 Å². The smallest absolute Gasteiger partial charge is 0.307 e. The largest absolute Gasteiger partial charge is 0.385 e. The van der Waals surface area contributed by atoms with Crippen LogP contribution in [-0.2, 0) is 9.47 Å². The summed E-state index contributed by atoms with van der Waals surface area (Å²) in [6, 6.07) is 0. The Morgan fingerprint density at radius 3 is 2.28 bits per heavy atom. The van der Waals surface area contributed by atoms with Crippen LogP contribution >= 0.6 is 0 Å². The molecular formula is C14H28O4. The van der Waals surface area contributed by atoms with Crippen LogP contribution in [0, 0.1) is 17.8 Å². The summed E-state index contributed by atoms with van der Waals surface area (Å²) in [7, 11) is 1.35. The number of aliphatic hydroxyl groups is 2. The topological polar surface area (TPSA) is 58.9 Å². The zero-order chi connectivity index (χ0) is 13.9. The van der Waals surface area contributed by atoms with Crippen molar-refractivity contribution in [3.8, 4) is 0 Å². The zero-order valence-electron chi connectivity index (χ0n) is 12.2. The normalized spacial score (nSPS) is 34.3. The van der Waals surface area contributed by atoms with Crippen molar-refractivity contribution in [3.05, 3.63) is 0 Å². The van der Waals surface area contributed by atoms with Crippen molar-refractivity contribution in [1.29, 1.82) is 0 Å². The SMILES string of the molecule is COC(O)(OC1CC(C)CCC1C(C)C)C(C)O. The van der Waals surface area contributed by atoms with Gasteiger partial charge in [0.05, 0.1) is 6.10 Å². The maximum atomic E-state index is 10.1. The summed E-state index contributed by atoms with van der Waals surface area (Å²) in [6.45, 7) is 8.01. The van der Waals surface area contributed by atoms with E-state index >= 15 is 0 Å². The summed E-state index contributed by atoms with van der Waals surface area (Å²) in [5.74, 6) is -0.408. The molecule has 1 rings (SSSR count). The van der Waals surface area contributed by atoms with E-state index in [0.29, 0.717) is 17.8 Å². The second-order valence-corrected chi connectivity index (χ2v) is 5.99. The van der Waals surface area contributed by atoms with Crippen molar-refractivity contribution < 1.29 is 19.7 Å². The van der Waals surface area contributed by atoms with Crippen molar-refractivity contribution in [2.45, 2.75) is 65.1 Å². The van der Waals surface area contributed by atoms with Gasteiger partial charge in [0, 0.05) is 7.11 Å². The molecule has 2 N–H and O–H groups in total. The third-order valence-corrected chi connectivity index (χ3v) is 4.10. The Bertz CT molecular complexity index is 254. The molecule has 0 spiro atoms. The van der Waals surface area contributed by atoms with Gasteiger partial charge in [0.25, 0.3) is 0 Å². The van der Waals surface area contributed by atoms with Gasteiger partial charge in [-0.2, -0.15) is 0 Å². The highest BCUT2D eigenvalue weighted by atomic mass is 16.8. The maximum absolute atomic E-state index is 10.1. The Labute approximate surface area is 110 Å². The lowest BCUT2D eigenvalue weighted by Crippen LogP contribution is -2.50. The van der Waals surface area contributed by atoms with E-state index < -0.39 is 12.1 Å². The summed E-state index contributed by atoms with van der Waals surface area (Å²) in [4.78, 5) is 0. The minimum atomic E-state index is -1.89. The number of ether oxygens (including phenoxy) is 2. The molecule has 0 saturated heterocycles. The highest BCUT2D eigenvalue weighted by Gasteiger charge is 2.41. The molecule has 1 aliphatic rings. The Hall–Kier alpha value is -0.160. The second kappa shape index (κ2) is 6.33. The fourth-order valence-electron chi connectivity index (χ4n) is 2.78. The average molecular weight is 260 g/mol. The Morgan fingerprint density at radius 2 is 1.83 bits per heavy atom. The van der Waals surface area contributed by atoms with Gasteiger partial charge in [-0.05, 0) is 37.5 Å². The van der Waals surface area contributed by atoms with Gasteiger partial charge in [-0.15, -0.1) is 0 Å². The average Bonchev–Trinajstić information content (AvgIpc) is 2.28. The van der Waals surface area contributed by atoms with Crippen molar-refractivity contribution >= 4 is 0 Å². The molecule has 0 aromatic rings. The first-order valence-electron chi connectivity index (χ1n) is 6.93. The van der Waals surface area contributed by atoms with Crippen LogP contribution in [0.2, 0.25) is 0 Å². The van der Waals surface area contributed by atoms with Crippen LogP contribution < -0.4 is 0 Å². The molecule has 4 nitrogen and oxygen atoms in total. The molecule has 5 atom stereocenters. The number of aliphatic hydroxyl groups excluding tert-OH is 1. The van der Waals surface area contributed by atoms with E-state index in [4.69, 9.17) is 9.47 Å². The molecule has 0 amide bonds. The van der Waals surface area contributed by atoms with E-state index in [1.54, 1.807) is 0 Å². The van der Waals surface area contributed by atoms with E-state index in [-0.39, 0.29) is 6.10 Å². The Balaban J connectivity index is 2.76. The van der Waals surface area contributed by atoms with Gasteiger partial charge >= 0.3 is 5.97 Å². The van der Waals surface area contributed by atoms with Gasteiger partial charge in [-0.25, -0.2) is 0 Å². The van der Waals surface area contributed by atoms with Gasteiger partial charge in [-0.3, -0.25) is 0 Å². The number of rotatable bonds is 5. The minimum absolute atomic E-state index is 0.0618. The molecule has 1 aliphatic carbocycles. The third kappa shape index (κ3) is 3.67. The van der Waals surface area contributed by atoms with Crippen molar-refractivity contribution in [2.75, 3.05) is 7.11 Å². The van der Waals surface area contributed by atoms with E-state index in [1.165, 1.54) is 20.5 Å². The van der Waals surface area contributed by atoms with Crippen LogP contribution in [0.15, 0.2) is 0 Å². The van der Waals surface area contributed by atoms with Crippen molar-refractivity contribution in [2.24, 2.45) is 17.8 Å². The number of methoxy groups -OCH3 is 1. The number of hydrogen-bond acceptors (Lipinski definition) is 4. The van der Waals surface area contributed by atoms with E-state index in [9.17, 15) is 10.2 Å². The summed E-state index contributed by atoms with van der Waals surface area (Å²) in [5, 5.41) is 19.7. The van der Waals surface area contributed by atoms with E-state index in [1.807, 2.05) is 0 Å². The summed E-state index contributed by atoms with van der Waals surface area (Å²) < 4.78 is 10.7. The monoisotopic (exact) mass is 260 g/mol. The lowest BCUT2D eigenvalue weighted by Gasteiger charge is -2.41. The van der Waals surface area contributed by atoms with Crippen molar-refractivity contribution in [1.82, 2.24) is 0 Å². The fourth-order valence-corrected chi connectivity index (χ4v) is 2.78. The molecule has 18 heavy (non-hydrogen) atoms. The lowest BCUT2D eigenvalue weighted by molar-refractivity contribution is -0.404. The predicted molar refractivity (Wildman–Crippen MR) is 69.9 cm³/mol. The van der Waals surface area contributed by atoms with Crippen LogP contribution in [0.1, 0.15) is 47.0 Å². The van der Waals surface area contributed by atoms with Crippen LogP contribution in [0.3, 0.4) is 0 Å². The molecule has 1 fully saturated rings. The first-order chi connectivity index (χ1) is 8.30. The standard InChI is InChI=1S/C14H28O4/c1-9(2)12-7-6-10(3)8-13(12)18-14(16,17-5)11(4)15/h9-13,15-16H,6-8H2,1-5H3. The second-order valence-electron chi connectivity index (χ2n) is 5.99. The minimum Gasteiger partial charge on any atom is -0.385 e. The van der Waals surface area contributed by atoms with Gasteiger partial charge in [0.1, 0.15) is 6.10 Å². The Morgan fingerprint density at radius 1 is 1.22 bits per heavy atom. The highest BCUT2D eigenvalue weighted by Crippen LogP contribution is 2.37. The summed E-state index contributed by atoms with van der Waals surface area (Å²) >= 11 is 0. The molecule has 0 radical (unpaired) electrons. The molecule has 108 valence electrons.